The summed E-state index contributed by atoms with van der Waals surface area (Å²) in [6, 6.07) is 0. The molecule has 1 aliphatic rings. The molecule has 0 aromatic rings. The van der Waals surface area contributed by atoms with Crippen LogP contribution in [0, 0.1) is 11.8 Å². The molecule has 0 radical (unpaired) electrons. The minimum atomic E-state index is 0.785. The number of nitrogens with zero attached hydrogens (tertiary/aromatic N) is 1. The van der Waals surface area contributed by atoms with Crippen molar-refractivity contribution in [1.29, 1.82) is 0 Å². The molecule has 0 amide bonds. The topological polar surface area (TPSA) is 15.3 Å². The van der Waals surface area contributed by atoms with Crippen LogP contribution in [-0.2, 0) is 0 Å². The maximum absolute atomic E-state index is 3.27. The minimum absolute atomic E-state index is 0.785. The average Bonchev–Trinajstić information content (AvgIpc) is 2.43. The quantitative estimate of drug-likeness (QED) is 0.752. The molecule has 1 saturated heterocycles. The zero-order valence-corrected chi connectivity index (χ0v) is 10.8. The van der Waals surface area contributed by atoms with Crippen LogP contribution in [0.4, 0.5) is 0 Å². The smallest absolute Gasteiger partial charge is 0.00191 e. The summed E-state index contributed by atoms with van der Waals surface area (Å²) in [5.74, 6) is 1.78. The lowest BCUT2D eigenvalue weighted by Gasteiger charge is -2.23. The van der Waals surface area contributed by atoms with E-state index in [0.29, 0.717) is 0 Å². The van der Waals surface area contributed by atoms with E-state index in [4.69, 9.17) is 0 Å². The molecular weight excluding hydrogens is 184 g/mol. The lowest BCUT2D eigenvalue weighted by atomic mass is 9.98. The van der Waals surface area contributed by atoms with Crippen LogP contribution in [0.25, 0.3) is 0 Å². The van der Waals surface area contributed by atoms with Gasteiger partial charge < -0.3 is 10.2 Å². The summed E-state index contributed by atoms with van der Waals surface area (Å²) in [6.45, 7) is 9.75. The van der Waals surface area contributed by atoms with Crippen molar-refractivity contribution in [2.75, 3.05) is 33.2 Å². The standard InChI is InChI=1S/C13H28N2/c1-4-13-6-5-8-15(9-7-13)11-12(2)10-14-3/h12-14H,4-11H2,1-3H3. The molecule has 0 aliphatic carbocycles. The largest absolute Gasteiger partial charge is 0.319 e. The summed E-state index contributed by atoms with van der Waals surface area (Å²) in [4.78, 5) is 2.66. The van der Waals surface area contributed by atoms with Gasteiger partial charge in [0.15, 0.2) is 0 Å². The molecule has 0 spiro atoms. The number of rotatable bonds is 5. The molecule has 1 heterocycles. The Hall–Kier alpha value is -0.0800. The second-order valence-electron chi connectivity index (χ2n) is 5.17. The molecule has 90 valence electrons. The van der Waals surface area contributed by atoms with Gasteiger partial charge in [-0.25, -0.2) is 0 Å². The molecule has 1 N–H and O–H groups in total. The van der Waals surface area contributed by atoms with E-state index >= 15 is 0 Å². The number of likely N-dealkylation sites (tertiary alicyclic amines) is 1. The van der Waals surface area contributed by atoms with Crippen LogP contribution in [0.2, 0.25) is 0 Å². The van der Waals surface area contributed by atoms with E-state index < -0.39 is 0 Å². The summed E-state index contributed by atoms with van der Waals surface area (Å²) in [5.41, 5.74) is 0. The first kappa shape index (κ1) is 13.0. The van der Waals surface area contributed by atoms with Gasteiger partial charge in [0.25, 0.3) is 0 Å². The van der Waals surface area contributed by atoms with E-state index in [1.165, 1.54) is 45.3 Å². The lowest BCUT2D eigenvalue weighted by molar-refractivity contribution is 0.241. The highest BCUT2D eigenvalue weighted by atomic mass is 15.1. The maximum atomic E-state index is 3.27. The van der Waals surface area contributed by atoms with E-state index in [1.54, 1.807) is 0 Å². The number of hydrogen-bond donors (Lipinski definition) is 1. The van der Waals surface area contributed by atoms with Gasteiger partial charge in [-0.1, -0.05) is 20.3 Å². The molecule has 0 aromatic heterocycles. The Bertz CT molecular complexity index is 159. The fraction of sp³-hybridized carbons (Fsp3) is 1.00. The summed E-state index contributed by atoms with van der Waals surface area (Å²) in [7, 11) is 2.05. The van der Waals surface area contributed by atoms with Crippen LogP contribution >= 0.6 is 0 Å². The highest BCUT2D eigenvalue weighted by Gasteiger charge is 2.16. The van der Waals surface area contributed by atoms with Crippen LogP contribution in [0.5, 0.6) is 0 Å². The van der Waals surface area contributed by atoms with Gasteiger partial charge in [0, 0.05) is 6.54 Å². The molecule has 2 heteroatoms. The number of hydrogen-bond acceptors (Lipinski definition) is 2. The fourth-order valence-corrected chi connectivity index (χ4v) is 2.67. The highest BCUT2D eigenvalue weighted by molar-refractivity contribution is 4.71. The molecule has 2 nitrogen and oxygen atoms in total. The van der Waals surface area contributed by atoms with E-state index in [2.05, 4.69) is 24.1 Å². The Morgan fingerprint density at radius 1 is 1.33 bits per heavy atom. The van der Waals surface area contributed by atoms with Gasteiger partial charge in [0.2, 0.25) is 0 Å². The van der Waals surface area contributed by atoms with Gasteiger partial charge in [-0.3, -0.25) is 0 Å². The SMILES string of the molecule is CCC1CCCN(CC(C)CNC)CC1. The third-order valence-corrected chi connectivity index (χ3v) is 3.64. The summed E-state index contributed by atoms with van der Waals surface area (Å²) in [6.07, 6.45) is 5.65. The molecule has 0 aromatic carbocycles. The summed E-state index contributed by atoms with van der Waals surface area (Å²) < 4.78 is 0. The molecule has 15 heavy (non-hydrogen) atoms. The second-order valence-corrected chi connectivity index (χ2v) is 5.17. The predicted octanol–water partition coefficient (Wildman–Crippen LogP) is 2.35. The first-order valence-electron chi connectivity index (χ1n) is 6.63. The Morgan fingerprint density at radius 3 is 2.80 bits per heavy atom. The van der Waals surface area contributed by atoms with E-state index in [-0.39, 0.29) is 0 Å². The van der Waals surface area contributed by atoms with Crippen molar-refractivity contribution >= 4 is 0 Å². The lowest BCUT2D eigenvalue weighted by Crippen LogP contribution is -2.33. The monoisotopic (exact) mass is 212 g/mol. The summed E-state index contributed by atoms with van der Waals surface area (Å²) >= 11 is 0. The van der Waals surface area contributed by atoms with Gasteiger partial charge >= 0.3 is 0 Å². The van der Waals surface area contributed by atoms with E-state index in [1.807, 2.05) is 7.05 Å². The van der Waals surface area contributed by atoms with Gasteiger partial charge in [-0.05, 0) is 57.8 Å². The molecule has 1 rings (SSSR count). The Balaban J connectivity index is 2.24. The van der Waals surface area contributed by atoms with Gasteiger partial charge in [-0.15, -0.1) is 0 Å². The normalized spacial score (nSPS) is 26.2. The Kier molecular flexibility index (Phi) is 6.26. The third kappa shape index (κ3) is 4.98. The highest BCUT2D eigenvalue weighted by Crippen LogP contribution is 2.20. The van der Waals surface area contributed by atoms with E-state index in [0.717, 1.165) is 18.4 Å². The molecular formula is C13H28N2. The third-order valence-electron chi connectivity index (χ3n) is 3.64. The van der Waals surface area contributed by atoms with Crippen LogP contribution in [0.1, 0.15) is 39.5 Å². The number of nitrogens with one attached hydrogen (secondary N) is 1. The Morgan fingerprint density at radius 2 is 2.13 bits per heavy atom. The zero-order valence-electron chi connectivity index (χ0n) is 10.8. The van der Waals surface area contributed by atoms with Crippen molar-refractivity contribution < 1.29 is 0 Å². The van der Waals surface area contributed by atoms with E-state index in [9.17, 15) is 0 Å². The van der Waals surface area contributed by atoms with Crippen molar-refractivity contribution in [3.05, 3.63) is 0 Å². The fourth-order valence-electron chi connectivity index (χ4n) is 2.67. The molecule has 1 aliphatic heterocycles. The summed E-state index contributed by atoms with van der Waals surface area (Å²) in [5, 5.41) is 3.27. The van der Waals surface area contributed by atoms with Gasteiger partial charge in [0.05, 0.1) is 0 Å². The molecule has 1 fully saturated rings. The van der Waals surface area contributed by atoms with Crippen molar-refractivity contribution in [2.24, 2.45) is 11.8 Å². The first-order chi connectivity index (χ1) is 7.26. The Labute approximate surface area is 95.4 Å². The second kappa shape index (κ2) is 7.24. The van der Waals surface area contributed by atoms with Crippen molar-refractivity contribution in [3.8, 4) is 0 Å². The minimum Gasteiger partial charge on any atom is -0.319 e. The molecule has 0 saturated carbocycles. The maximum Gasteiger partial charge on any atom is 0.00191 e. The van der Waals surface area contributed by atoms with Crippen LogP contribution in [0.3, 0.4) is 0 Å². The van der Waals surface area contributed by atoms with Gasteiger partial charge in [-0.2, -0.15) is 0 Å². The van der Waals surface area contributed by atoms with Gasteiger partial charge in [0.1, 0.15) is 0 Å². The molecule has 0 bridgehead atoms. The zero-order chi connectivity index (χ0) is 11.1. The molecule has 2 atom stereocenters. The van der Waals surface area contributed by atoms with Crippen molar-refractivity contribution in [2.45, 2.75) is 39.5 Å². The van der Waals surface area contributed by atoms with Crippen molar-refractivity contribution in [1.82, 2.24) is 10.2 Å². The first-order valence-corrected chi connectivity index (χ1v) is 6.63. The molecule has 2 unspecified atom stereocenters. The van der Waals surface area contributed by atoms with Crippen LogP contribution < -0.4 is 5.32 Å². The van der Waals surface area contributed by atoms with Crippen LogP contribution in [-0.4, -0.2) is 38.1 Å². The van der Waals surface area contributed by atoms with Crippen LogP contribution in [0.15, 0.2) is 0 Å². The van der Waals surface area contributed by atoms with Crippen molar-refractivity contribution in [3.63, 3.8) is 0 Å². The average molecular weight is 212 g/mol. The predicted molar refractivity (Wildman–Crippen MR) is 67.2 cm³/mol.